The molecule has 11 nitrogen and oxygen atoms in total. The van der Waals surface area contributed by atoms with Crippen molar-refractivity contribution < 1.29 is 47.8 Å². The molecule has 0 aromatic heterocycles. The molecule has 0 aliphatic heterocycles. The fourth-order valence-electron chi connectivity index (χ4n) is 5.70. The summed E-state index contributed by atoms with van der Waals surface area (Å²) in [5.74, 6) is -2.38. The standard InChI is InChI=1S/C41H76NO10P/c1-3-5-7-9-11-13-15-17-18-19-20-21-22-24-26-28-30-32-39(44)42-38(41(46)47)36-52-53(48,49)51-35-37(43)34-50-40(45)33-31-29-27-25-23-16-14-12-10-8-6-4-2/h11,13,17-18,37-38,43H,3-10,12,14-16,19-36H2,1-2H3,(H,42,44)(H,46,47)(H,48,49)/b13-11-,18-17-. The van der Waals surface area contributed by atoms with Crippen LogP contribution in [-0.4, -0.2) is 64.9 Å². The number of aliphatic hydroxyl groups is 1. The topological polar surface area (TPSA) is 169 Å². The number of hydrogen-bond acceptors (Lipinski definition) is 8. The minimum Gasteiger partial charge on any atom is -0.480 e. The van der Waals surface area contributed by atoms with Crippen molar-refractivity contribution in [3.05, 3.63) is 24.3 Å². The van der Waals surface area contributed by atoms with Crippen molar-refractivity contribution in [2.75, 3.05) is 19.8 Å². The molecule has 53 heavy (non-hydrogen) atoms. The van der Waals surface area contributed by atoms with E-state index in [9.17, 15) is 34.1 Å². The Bertz CT molecular complexity index is 1010. The van der Waals surface area contributed by atoms with Gasteiger partial charge < -0.3 is 25.2 Å². The number of phosphoric acid groups is 1. The summed E-state index contributed by atoms with van der Waals surface area (Å²) in [5, 5.41) is 21.8. The number of hydrogen-bond donors (Lipinski definition) is 4. The highest BCUT2D eigenvalue weighted by Crippen LogP contribution is 2.43. The molecule has 3 atom stereocenters. The molecule has 0 spiro atoms. The Morgan fingerprint density at radius 3 is 1.57 bits per heavy atom. The van der Waals surface area contributed by atoms with Crippen molar-refractivity contribution in [2.45, 2.75) is 199 Å². The van der Waals surface area contributed by atoms with Crippen LogP contribution in [0.5, 0.6) is 0 Å². The number of carboxylic acid groups (broad SMARTS) is 1. The van der Waals surface area contributed by atoms with Crippen LogP contribution in [0.4, 0.5) is 0 Å². The number of carbonyl (C=O) groups is 3. The molecule has 0 aromatic carbocycles. The summed E-state index contributed by atoms with van der Waals surface area (Å²) in [6.45, 7) is 2.55. The zero-order valence-corrected chi connectivity index (χ0v) is 34.2. The van der Waals surface area contributed by atoms with Crippen LogP contribution in [0.3, 0.4) is 0 Å². The molecular formula is C41H76NO10P. The Kier molecular flexibility index (Phi) is 35.5. The summed E-state index contributed by atoms with van der Waals surface area (Å²) < 4.78 is 26.8. The van der Waals surface area contributed by atoms with Gasteiger partial charge in [0.25, 0.3) is 0 Å². The molecule has 0 saturated heterocycles. The number of allylic oxidation sites excluding steroid dienone is 4. The number of rotatable bonds is 39. The summed E-state index contributed by atoms with van der Waals surface area (Å²) in [6.07, 6.45) is 36.3. The van der Waals surface area contributed by atoms with Crippen molar-refractivity contribution in [1.82, 2.24) is 5.32 Å². The van der Waals surface area contributed by atoms with Crippen LogP contribution >= 0.6 is 7.82 Å². The normalized spacial score (nSPS) is 14.0. The van der Waals surface area contributed by atoms with Crippen LogP contribution in [0.25, 0.3) is 0 Å². The molecular weight excluding hydrogens is 697 g/mol. The van der Waals surface area contributed by atoms with Crippen molar-refractivity contribution in [3.8, 4) is 0 Å². The molecule has 0 aliphatic rings. The lowest BCUT2D eigenvalue weighted by Crippen LogP contribution is -2.43. The van der Waals surface area contributed by atoms with Crippen molar-refractivity contribution in [1.29, 1.82) is 0 Å². The highest BCUT2D eigenvalue weighted by atomic mass is 31.2. The number of phosphoric ester groups is 1. The summed E-state index contributed by atoms with van der Waals surface area (Å²) in [4.78, 5) is 45.8. The average Bonchev–Trinajstić information content (AvgIpc) is 3.13. The molecule has 0 aliphatic carbocycles. The second-order valence-electron chi connectivity index (χ2n) is 14.2. The summed E-state index contributed by atoms with van der Waals surface area (Å²) >= 11 is 0. The fraction of sp³-hybridized carbons (Fsp3) is 0.829. The lowest BCUT2D eigenvalue weighted by atomic mass is 10.0. The maximum atomic E-state index is 12.3. The van der Waals surface area contributed by atoms with Crippen LogP contribution in [0.2, 0.25) is 0 Å². The Balaban J connectivity index is 3.94. The molecule has 4 N–H and O–H groups in total. The van der Waals surface area contributed by atoms with Crippen molar-refractivity contribution >= 4 is 25.7 Å². The van der Waals surface area contributed by atoms with E-state index in [1.165, 1.54) is 89.9 Å². The Hall–Kier alpha value is -2.04. The molecule has 0 radical (unpaired) electrons. The van der Waals surface area contributed by atoms with E-state index < -0.39 is 57.6 Å². The van der Waals surface area contributed by atoms with Crippen LogP contribution in [0.1, 0.15) is 187 Å². The molecule has 0 saturated carbocycles. The summed E-state index contributed by atoms with van der Waals surface area (Å²) in [6, 6.07) is -1.55. The van der Waals surface area contributed by atoms with Gasteiger partial charge in [-0.1, -0.05) is 154 Å². The number of amides is 1. The highest BCUT2D eigenvalue weighted by molar-refractivity contribution is 7.47. The van der Waals surface area contributed by atoms with Gasteiger partial charge in [0.05, 0.1) is 13.2 Å². The molecule has 1 amide bonds. The van der Waals surface area contributed by atoms with E-state index in [0.717, 1.165) is 57.8 Å². The molecule has 0 aromatic rings. The highest BCUT2D eigenvalue weighted by Gasteiger charge is 2.28. The predicted molar refractivity (Wildman–Crippen MR) is 213 cm³/mol. The zero-order valence-electron chi connectivity index (χ0n) is 33.3. The molecule has 310 valence electrons. The number of carboxylic acids is 1. The van der Waals surface area contributed by atoms with Gasteiger partial charge >= 0.3 is 19.8 Å². The number of aliphatic hydroxyl groups excluding tert-OH is 1. The van der Waals surface area contributed by atoms with Gasteiger partial charge in [-0.05, 0) is 44.9 Å². The van der Waals surface area contributed by atoms with E-state index in [-0.39, 0.29) is 12.8 Å². The van der Waals surface area contributed by atoms with Gasteiger partial charge in [0.1, 0.15) is 12.7 Å². The number of esters is 1. The first-order valence-corrected chi connectivity index (χ1v) is 22.4. The summed E-state index contributed by atoms with van der Waals surface area (Å²) in [7, 11) is -4.75. The minimum absolute atomic E-state index is 0.138. The second kappa shape index (κ2) is 36.9. The lowest BCUT2D eigenvalue weighted by molar-refractivity contribution is -0.147. The predicted octanol–water partition coefficient (Wildman–Crippen LogP) is 10.3. The molecule has 0 bridgehead atoms. The third kappa shape index (κ3) is 36.7. The molecule has 3 unspecified atom stereocenters. The van der Waals surface area contributed by atoms with Gasteiger partial charge in [0, 0.05) is 12.8 Å². The van der Waals surface area contributed by atoms with E-state index in [1.54, 1.807) is 0 Å². The number of carbonyl (C=O) groups excluding carboxylic acids is 2. The molecule has 0 rings (SSSR count). The zero-order chi connectivity index (χ0) is 39.3. The SMILES string of the molecule is CCCCC/C=C\C/C=C\CCCCCCCCCC(=O)NC(COP(=O)(O)OCC(O)COC(=O)CCCCCCCCCCCCCC)C(=O)O. The maximum Gasteiger partial charge on any atom is 0.472 e. The molecule has 0 fully saturated rings. The first-order valence-electron chi connectivity index (χ1n) is 20.9. The molecule has 0 heterocycles. The third-order valence-electron chi connectivity index (χ3n) is 8.99. The van der Waals surface area contributed by atoms with Crippen molar-refractivity contribution in [3.63, 3.8) is 0 Å². The van der Waals surface area contributed by atoms with Gasteiger partial charge in [0.15, 0.2) is 6.04 Å². The third-order valence-corrected chi connectivity index (χ3v) is 9.94. The van der Waals surface area contributed by atoms with E-state index in [0.29, 0.717) is 12.8 Å². The largest absolute Gasteiger partial charge is 0.480 e. The Morgan fingerprint density at radius 2 is 1.04 bits per heavy atom. The van der Waals surface area contributed by atoms with E-state index in [2.05, 4.69) is 43.5 Å². The van der Waals surface area contributed by atoms with Gasteiger partial charge in [0.2, 0.25) is 5.91 Å². The Morgan fingerprint density at radius 1 is 0.604 bits per heavy atom. The molecule has 12 heteroatoms. The minimum atomic E-state index is -4.75. The fourth-order valence-corrected chi connectivity index (χ4v) is 6.47. The Labute approximate surface area is 321 Å². The number of aliphatic carboxylic acids is 1. The van der Waals surface area contributed by atoms with Crippen molar-refractivity contribution in [2.24, 2.45) is 0 Å². The lowest BCUT2D eigenvalue weighted by Gasteiger charge is -2.18. The van der Waals surface area contributed by atoms with Gasteiger partial charge in [-0.2, -0.15) is 0 Å². The number of unbranched alkanes of at least 4 members (excludes halogenated alkanes) is 21. The van der Waals surface area contributed by atoms with Crippen LogP contribution in [-0.2, 0) is 32.7 Å². The summed E-state index contributed by atoms with van der Waals surface area (Å²) in [5.41, 5.74) is 0. The maximum absolute atomic E-state index is 12.3. The van der Waals surface area contributed by atoms with Crippen LogP contribution < -0.4 is 5.32 Å². The van der Waals surface area contributed by atoms with Crippen LogP contribution in [0.15, 0.2) is 24.3 Å². The average molecular weight is 774 g/mol. The van der Waals surface area contributed by atoms with E-state index >= 15 is 0 Å². The quantitative estimate of drug-likeness (QED) is 0.0204. The van der Waals surface area contributed by atoms with Gasteiger partial charge in [-0.3, -0.25) is 18.6 Å². The first-order chi connectivity index (χ1) is 25.6. The number of nitrogens with one attached hydrogen (secondary N) is 1. The second-order valence-corrected chi connectivity index (χ2v) is 15.6. The monoisotopic (exact) mass is 774 g/mol. The van der Waals surface area contributed by atoms with Crippen LogP contribution in [0, 0.1) is 0 Å². The smallest absolute Gasteiger partial charge is 0.472 e. The van der Waals surface area contributed by atoms with Gasteiger partial charge in [-0.25, -0.2) is 9.36 Å². The van der Waals surface area contributed by atoms with E-state index in [1.807, 2.05) is 0 Å². The van der Waals surface area contributed by atoms with Gasteiger partial charge in [-0.15, -0.1) is 0 Å². The first kappa shape index (κ1) is 51.0. The number of ether oxygens (including phenoxy) is 1. The van der Waals surface area contributed by atoms with E-state index in [4.69, 9.17) is 13.8 Å².